The fraction of sp³-hybridized carbons (Fsp3) is 0.200. The second kappa shape index (κ2) is 8.39. The summed E-state index contributed by atoms with van der Waals surface area (Å²) in [5.74, 6) is 0.470. The van der Waals surface area contributed by atoms with Gasteiger partial charge in [-0.05, 0) is 31.0 Å². The van der Waals surface area contributed by atoms with Gasteiger partial charge in [-0.1, -0.05) is 59.6 Å². The van der Waals surface area contributed by atoms with Crippen LogP contribution in [0.4, 0.5) is 5.82 Å². The second-order valence-electron chi connectivity index (χ2n) is 6.06. The number of nitrogens with one attached hydrogen (secondary N) is 1. The first-order chi connectivity index (χ1) is 12.5. The summed E-state index contributed by atoms with van der Waals surface area (Å²) in [5.41, 5.74) is 2.86. The molecule has 0 saturated carbocycles. The first-order valence-corrected chi connectivity index (χ1v) is 9.09. The molecule has 134 valence electrons. The quantitative estimate of drug-likeness (QED) is 0.637. The van der Waals surface area contributed by atoms with Crippen LogP contribution < -0.4 is 5.32 Å². The van der Waals surface area contributed by atoms with Crippen LogP contribution in [0.3, 0.4) is 0 Å². The molecule has 0 spiro atoms. The van der Waals surface area contributed by atoms with Gasteiger partial charge in [0.15, 0.2) is 5.82 Å². The summed E-state index contributed by atoms with van der Waals surface area (Å²) < 4.78 is 1.78. The van der Waals surface area contributed by atoms with Gasteiger partial charge in [0, 0.05) is 33.8 Å². The molecule has 1 amide bonds. The van der Waals surface area contributed by atoms with Crippen LogP contribution in [0, 0.1) is 6.92 Å². The summed E-state index contributed by atoms with van der Waals surface area (Å²) in [7, 11) is 0. The number of hydrogen-bond acceptors (Lipinski definition) is 2. The van der Waals surface area contributed by atoms with E-state index in [-0.39, 0.29) is 5.91 Å². The van der Waals surface area contributed by atoms with Crippen molar-refractivity contribution in [2.24, 2.45) is 0 Å². The van der Waals surface area contributed by atoms with Gasteiger partial charge >= 0.3 is 0 Å². The van der Waals surface area contributed by atoms with Gasteiger partial charge in [-0.15, -0.1) is 0 Å². The number of aromatic nitrogens is 2. The molecule has 3 rings (SSSR count). The largest absolute Gasteiger partial charge is 0.309 e. The van der Waals surface area contributed by atoms with Gasteiger partial charge in [0.05, 0.1) is 6.54 Å². The van der Waals surface area contributed by atoms with Crippen LogP contribution in [0.25, 0.3) is 0 Å². The Kier molecular flexibility index (Phi) is 5.96. The summed E-state index contributed by atoms with van der Waals surface area (Å²) >= 11 is 12.5. The number of amides is 1. The summed E-state index contributed by atoms with van der Waals surface area (Å²) in [6, 6.07) is 17.2. The predicted molar refractivity (Wildman–Crippen MR) is 106 cm³/mol. The molecule has 0 saturated heterocycles. The highest BCUT2D eigenvalue weighted by Gasteiger charge is 2.12. The minimum Gasteiger partial charge on any atom is -0.309 e. The maximum Gasteiger partial charge on any atom is 0.225 e. The lowest BCUT2D eigenvalue weighted by atomic mass is 10.1. The van der Waals surface area contributed by atoms with Gasteiger partial charge in [0.2, 0.25) is 5.91 Å². The lowest BCUT2D eigenvalue weighted by molar-refractivity contribution is -0.116. The lowest BCUT2D eigenvalue weighted by Crippen LogP contribution is -2.13. The number of halogens is 2. The van der Waals surface area contributed by atoms with Gasteiger partial charge in [0.1, 0.15) is 0 Å². The van der Waals surface area contributed by atoms with Crippen molar-refractivity contribution in [3.63, 3.8) is 0 Å². The first kappa shape index (κ1) is 18.5. The van der Waals surface area contributed by atoms with E-state index in [1.165, 1.54) is 0 Å². The van der Waals surface area contributed by atoms with E-state index >= 15 is 0 Å². The predicted octanol–water partition coefficient (Wildman–Crippen LogP) is 5.12. The van der Waals surface area contributed by atoms with E-state index in [2.05, 4.69) is 10.4 Å². The zero-order valence-electron chi connectivity index (χ0n) is 14.4. The van der Waals surface area contributed by atoms with Crippen molar-refractivity contribution in [2.75, 3.05) is 5.32 Å². The number of carbonyl (C=O) groups excluding carboxylic acids is 1. The number of nitrogens with zero attached hydrogens (tertiary/aromatic N) is 2. The average molecular weight is 388 g/mol. The Hall–Kier alpha value is -2.30. The van der Waals surface area contributed by atoms with Crippen LogP contribution >= 0.6 is 23.2 Å². The van der Waals surface area contributed by atoms with Crippen LogP contribution in [0.1, 0.15) is 23.2 Å². The third-order valence-electron chi connectivity index (χ3n) is 4.10. The van der Waals surface area contributed by atoms with E-state index < -0.39 is 0 Å². The highest BCUT2D eigenvalue weighted by Crippen LogP contribution is 2.25. The van der Waals surface area contributed by atoms with Gasteiger partial charge in [-0.3, -0.25) is 9.48 Å². The lowest BCUT2D eigenvalue weighted by Gasteiger charge is -2.08. The van der Waals surface area contributed by atoms with Crippen LogP contribution in [0.5, 0.6) is 0 Å². The topological polar surface area (TPSA) is 46.9 Å². The van der Waals surface area contributed by atoms with Crippen molar-refractivity contribution < 1.29 is 4.79 Å². The molecular weight excluding hydrogens is 369 g/mol. The van der Waals surface area contributed by atoms with Crippen LogP contribution in [-0.4, -0.2) is 15.7 Å². The van der Waals surface area contributed by atoms with Crippen molar-refractivity contribution in [1.29, 1.82) is 0 Å². The Morgan fingerprint density at radius 1 is 1.08 bits per heavy atom. The summed E-state index contributed by atoms with van der Waals surface area (Å²) in [4.78, 5) is 12.2. The maximum atomic E-state index is 12.2. The van der Waals surface area contributed by atoms with E-state index in [4.69, 9.17) is 23.2 Å². The Morgan fingerprint density at radius 3 is 2.46 bits per heavy atom. The number of anilines is 1. The molecule has 0 bridgehead atoms. The van der Waals surface area contributed by atoms with Crippen LogP contribution in [0.15, 0.2) is 54.6 Å². The number of rotatable bonds is 6. The first-order valence-electron chi connectivity index (χ1n) is 8.34. The van der Waals surface area contributed by atoms with Gasteiger partial charge in [0.25, 0.3) is 0 Å². The molecule has 0 radical (unpaired) electrons. The maximum absolute atomic E-state index is 12.2. The zero-order chi connectivity index (χ0) is 18.5. The minimum atomic E-state index is -0.0609. The Labute approximate surface area is 162 Å². The van der Waals surface area contributed by atoms with Gasteiger partial charge < -0.3 is 5.32 Å². The van der Waals surface area contributed by atoms with E-state index in [1.807, 2.05) is 49.4 Å². The van der Waals surface area contributed by atoms with Crippen LogP contribution in [0.2, 0.25) is 10.0 Å². The molecule has 0 aliphatic rings. The van der Waals surface area contributed by atoms with Crippen molar-refractivity contribution >= 4 is 34.9 Å². The number of benzene rings is 2. The Bertz CT molecular complexity index is 886. The zero-order valence-corrected chi connectivity index (χ0v) is 15.9. The smallest absolute Gasteiger partial charge is 0.225 e. The minimum absolute atomic E-state index is 0.0609. The molecule has 2 aromatic carbocycles. The van der Waals surface area contributed by atoms with Crippen molar-refractivity contribution in [3.05, 3.63) is 81.5 Å². The van der Waals surface area contributed by atoms with Crippen molar-refractivity contribution in [3.8, 4) is 0 Å². The number of aryl methyl sites for hydroxylation is 2. The fourth-order valence-electron chi connectivity index (χ4n) is 2.67. The third kappa shape index (κ3) is 4.65. The number of carbonyl (C=O) groups is 1. The summed E-state index contributed by atoms with van der Waals surface area (Å²) in [6.07, 6.45) is 1.11. The van der Waals surface area contributed by atoms with E-state index in [0.717, 1.165) is 16.8 Å². The molecule has 1 heterocycles. The standard InChI is InChI=1S/C20H19Cl2N3O/c1-14-12-19(23-20(26)11-10-15-6-3-2-4-7-15)24-25(14)13-16-17(21)8-5-9-18(16)22/h2-9,12H,10-11,13H2,1H3,(H,23,24,26). The Morgan fingerprint density at radius 2 is 1.77 bits per heavy atom. The highest BCUT2D eigenvalue weighted by molar-refractivity contribution is 6.35. The molecule has 1 aromatic heterocycles. The molecule has 6 heteroatoms. The molecule has 0 atom stereocenters. The Balaban J connectivity index is 1.63. The fourth-order valence-corrected chi connectivity index (χ4v) is 3.19. The molecule has 0 unspecified atom stereocenters. The molecule has 0 aliphatic heterocycles. The van der Waals surface area contributed by atoms with Crippen LogP contribution in [-0.2, 0) is 17.8 Å². The molecule has 3 aromatic rings. The van der Waals surface area contributed by atoms with Gasteiger partial charge in [-0.25, -0.2) is 0 Å². The van der Waals surface area contributed by atoms with Crippen molar-refractivity contribution in [2.45, 2.75) is 26.3 Å². The molecule has 26 heavy (non-hydrogen) atoms. The highest BCUT2D eigenvalue weighted by atomic mass is 35.5. The molecule has 0 aliphatic carbocycles. The molecule has 4 nitrogen and oxygen atoms in total. The summed E-state index contributed by atoms with van der Waals surface area (Å²) in [6.45, 7) is 2.38. The average Bonchev–Trinajstić information content (AvgIpc) is 2.96. The molecule has 0 fully saturated rings. The number of hydrogen-bond donors (Lipinski definition) is 1. The molecule has 1 N–H and O–H groups in total. The van der Waals surface area contributed by atoms with Gasteiger partial charge in [-0.2, -0.15) is 5.10 Å². The monoisotopic (exact) mass is 387 g/mol. The molecular formula is C20H19Cl2N3O. The summed E-state index contributed by atoms with van der Waals surface area (Å²) in [5, 5.41) is 8.50. The SMILES string of the molecule is Cc1cc(NC(=O)CCc2ccccc2)nn1Cc1c(Cl)cccc1Cl. The van der Waals surface area contributed by atoms with E-state index in [9.17, 15) is 4.79 Å². The second-order valence-corrected chi connectivity index (χ2v) is 6.88. The van der Waals surface area contributed by atoms with Crippen molar-refractivity contribution in [1.82, 2.24) is 9.78 Å². The normalized spacial score (nSPS) is 10.7. The van der Waals surface area contributed by atoms with E-state index in [0.29, 0.717) is 35.2 Å². The third-order valence-corrected chi connectivity index (χ3v) is 4.81. The van der Waals surface area contributed by atoms with E-state index in [1.54, 1.807) is 16.8 Å².